The predicted molar refractivity (Wildman–Crippen MR) is 123 cm³/mol. The molecule has 0 unspecified atom stereocenters. The number of anilines is 2. The first kappa shape index (κ1) is 20.4. The Kier molecular flexibility index (Phi) is 5.58. The molecule has 0 aromatic heterocycles. The summed E-state index contributed by atoms with van der Waals surface area (Å²) in [5.41, 5.74) is 4.73. The van der Waals surface area contributed by atoms with Crippen LogP contribution >= 0.6 is 0 Å². The molecule has 0 fully saturated rings. The number of carbonyl (C=O) groups excluding carboxylic acids is 2. The number of ether oxygens (including phenoxy) is 1. The van der Waals surface area contributed by atoms with Gasteiger partial charge in [0.25, 0.3) is 11.8 Å². The molecule has 1 heterocycles. The Morgan fingerprint density at radius 1 is 0.839 bits per heavy atom. The lowest BCUT2D eigenvalue weighted by Gasteiger charge is -2.16. The molecule has 156 valence electrons. The van der Waals surface area contributed by atoms with Gasteiger partial charge < -0.3 is 10.1 Å². The molecule has 4 rings (SSSR count). The average Bonchev–Trinajstić information content (AvgIpc) is 3.00. The summed E-state index contributed by atoms with van der Waals surface area (Å²) in [6.45, 7) is 6.37. The van der Waals surface area contributed by atoms with E-state index in [1.807, 2.05) is 69.3 Å². The van der Waals surface area contributed by atoms with Gasteiger partial charge in [-0.25, -0.2) is 4.90 Å². The number of carbonyl (C=O) groups is 2. The standard InChI is InChI=1S/C26H24N2O3/c1-4-31-22-7-5-6-21(16-22)28-25(29)23(19-12-8-17(2)9-13-19)24(26(28)30)27-20-14-10-18(3)11-15-20/h5-16,27H,4H2,1-3H3. The maximum absolute atomic E-state index is 13.5. The van der Waals surface area contributed by atoms with Gasteiger partial charge in [-0.05, 0) is 50.6 Å². The van der Waals surface area contributed by atoms with Crippen molar-refractivity contribution >= 4 is 28.8 Å². The molecular formula is C26H24N2O3. The van der Waals surface area contributed by atoms with Crippen molar-refractivity contribution in [3.63, 3.8) is 0 Å². The Morgan fingerprint density at radius 2 is 1.48 bits per heavy atom. The largest absolute Gasteiger partial charge is 0.494 e. The zero-order chi connectivity index (χ0) is 22.0. The monoisotopic (exact) mass is 412 g/mol. The highest BCUT2D eigenvalue weighted by Crippen LogP contribution is 2.35. The number of amides is 2. The summed E-state index contributed by atoms with van der Waals surface area (Å²) in [5, 5.41) is 3.19. The Morgan fingerprint density at radius 3 is 2.13 bits per heavy atom. The number of aryl methyl sites for hydroxylation is 2. The zero-order valence-electron chi connectivity index (χ0n) is 17.8. The normalized spacial score (nSPS) is 13.7. The summed E-state index contributed by atoms with van der Waals surface area (Å²) < 4.78 is 5.56. The van der Waals surface area contributed by atoms with Crippen LogP contribution in [-0.2, 0) is 9.59 Å². The van der Waals surface area contributed by atoms with Crippen LogP contribution in [0, 0.1) is 13.8 Å². The molecule has 1 aliphatic rings. The summed E-state index contributed by atoms with van der Waals surface area (Å²) in [6.07, 6.45) is 0. The van der Waals surface area contributed by atoms with E-state index in [1.165, 1.54) is 4.90 Å². The summed E-state index contributed by atoms with van der Waals surface area (Å²) in [5.74, 6) is -0.149. The molecule has 5 nitrogen and oxygen atoms in total. The van der Waals surface area contributed by atoms with Crippen molar-refractivity contribution < 1.29 is 14.3 Å². The van der Waals surface area contributed by atoms with Crippen molar-refractivity contribution in [2.75, 3.05) is 16.8 Å². The first-order chi connectivity index (χ1) is 15.0. The second kappa shape index (κ2) is 8.48. The number of hydrogen-bond acceptors (Lipinski definition) is 4. The molecule has 31 heavy (non-hydrogen) atoms. The van der Waals surface area contributed by atoms with Gasteiger partial charge in [-0.3, -0.25) is 9.59 Å². The van der Waals surface area contributed by atoms with Crippen molar-refractivity contribution in [1.29, 1.82) is 0 Å². The van der Waals surface area contributed by atoms with Crippen molar-refractivity contribution in [1.82, 2.24) is 0 Å². The first-order valence-electron chi connectivity index (χ1n) is 10.2. The van der Waals surface area contributed by atoms with Crippen LogP contribution in [-0.4, -0.2) is 18.4 Å². The van der Waals surface area contributed by atoms with E-state index in [9.17, 15) is 9.59 Å². The second-order valence-electron chi connectivity index (χ2n) is 7.48. The number of nitrogens with zero attached hydrogens (tertiary/aromatic N) is 1. The van der Waals surface area contributed by atoms with Crippen molar-refractivity contribution in [3.05, 3.63) is 95.2 Å². The Balaban J connectivity index is 1.79. The molecule has 5 heteroatoms. The van der Waals surface area contributed by atoms with Crippen LogP contribution in [0.15, 0.2) is 78.5 Å². The fourth-order valence-corrected chi connectivity index (χ4v) is 3.53. The maximum Gasteiger partial charge on any atom is 0.282 e. The minimum Gasteiger partial charge on any atom is -0.494 e. The zero-order valence-corrected chi connectivity index (χ0v) is 17.8. The van der Waals surface area contributed by atoms with Gasteiger partial charge in [-0.15, -0.1) is 0 Å². The smallest absolute Gasteiger partial charge is 0.282 e. The van der Waals surface area contributed by atoms with E-state index in [-0.39, 0.29) is 11.6 Å². The molecule has 3 aromatic carbocycles. The topological polar surface area (TPSA) is 58.6 Å². The summed E-state index contributed by atoms with van der Waals surface area (Å²) in [7, 11) is 0. The van der Waals surface area contributed by atoms with E-state index in [1.54, 1.807) is 24.3 Å². The van der Waals surface area contributed by atoms with Gasteiger partial charge in [-0.1, -0.05) is 53.6 Å². The van der Waals surface area contributed by atoms with Gasteiger partial charge in [0.15, 0.2) is 0 Å². The van der Waals surface area contributed by atoms with Crippen LogP contribution in [0.25, 0.3) is 5.57 Å². The van der Waals surface area contributed by atoms with Crippen LogP contribution in [0.2, 0.25) is 0 Å². The molecule has 0 spiro atoms. The van der Waals surface area contributed by atoms with Crippen molar-refractivity contribution in [3.8, 4) is 5.75 Å². The molecule has 0 aliphatic carbocycles. The minimum atomic E-state index is -0.394. The molecule has 2 amide bonds. The highest BCUT2D eigenvalue weighted by atomic mass is 16.5. The van der Waals surface area contributed by atoms with Gasteiger partial charge in [0, 0.05) is 11.8 Å². The van der Waals surface area contributed by atoms with Crippen LogP contribution < -0.4 is 15.0 Å². The fraction of sp³-hybridized carbons (Fsp3) is 0.154. The van der Waals surface area contributed by atoms with Gasteiger partial charge in [0.1, 0.15) is 11.4 Å². The van der Waals surface area contributed by atoms with E-state index in [0.717, 1.165) is 16.8 Å². The average molecular weight is 412 g/mol. The molecule has 3 aromatic rings. The molecule has 1 aliphatic heterocycles. The summed E-state index contributed by atoms with van der Waals surface area (Å²) in [4.78, 5) is 28.1. The molecule has 1 N–H and O–H groups in total. The van der Waals surface area contributed by atoms with E-state index < -0.39 is 5.91 Å². The second-order valence-corrected chi connectivity index (χ2v) is 7.48. The van der Waals surface area contributed by atoms with Crippen molar-refractivity contribution in [2.24, 2.45) is 0 Å². The van der Waals surface area contributed by atoms with Crippen LogP contribution in [0.5, 0.6) is 5.75 Å². The third kappa shape index (κ3) is 4.08. The Hall–Kier alpha value is -3.86. The van der Waals surface area contributed by atoms with Gasteiger partial charge in [-0.2, -0.15) is 0 Å². The summed E-state index contributed by atoms with van der Waals surface area (Å²) >= 11 is 0. The van der Waals surface area contributed by atoms with Crippen LogP contribution in [0.3, 0.4) is 0 Å². The molecular weight excluding hydrogens is 388 g/mol. The number of nitrogens with one attached hydrogen (secondary N) is 1. The van der Waals surface area contributed by atoms with Crippen molar-refractivity contribution in [2.45, 2.75) is 20.8 Å². The van der Waals surface area contributed by atoms with Crippen LogP contribution in [0.1, 0.15) is 23.6 Å². The molecule has 0 radical (unpaired) electrons. The Bertz CT molecular complexity index is 1160. The lowest BCUT2D eigenvalue weighted by atomic mass is 10.0. The maximum atomic E-state index is 13.5. The Labute approximate surface area is 182 Å². The quantitative estimate of drug-likeness (QED) is 0.573. The molecule has 0 bridgehead atoms. The molecule has 0 atom stereocenters. The first-order valence-corrected chi connectivity index (χ1v) is 10.2. The number of benzene rings is 3. The number of rotatable bonds is 6. The fourth-order valence-electron chi connectivity index (χ4n) is 3.53. The lowest BCUT2D eigenvalue weighted by Crippen LogP contribution is -2.32. The van der Waals surface area contributed by atoms with E-state index in [2.05, 4.69) is 5.32 Å². The summed E-state index contributed by atoms with van der Waals surface area (Å²) in [6, 6.07) is 22.3. The van der Waals surface area contributed by atoms with Gasteiger partial charge >= 0.3 is 0 Å². The molecule has 0 saturated carbocycles. The minimum absolute atomic E-state index is 0.263. The highest BCUT2D eigenvalue weighted by molar-refractivity contribution is 6.46. The van der Waals surface area contributed by atoms with Gasteiger partial charge in [0.05, 0.1) is 17.9 Å². The van der Waals surface area contributed by atoms with Gasteiger partial charge in [0.2, 0.25) is 0 Å². The highest BCUT2D eigenvalue weighted by Gasteiger charge is 2.40. The SMILES string of the molecule is CCOc1cccc(N2C(=O)C(Nc3ccc(C)cc3)=C(c3ccc(C)cc3)C2=O)c1. The van der Waals surface area contributed by atoms with E-state index in [4.69, 9.17) is 4.74 Å². The van der Waals surface area contributed by atoms with Crippen LogP contribution in [0.4, 0.5) is 11.4 Å². The third-order valence-electron chi connectivity index (χ3n) is 5.13. The van der Waals surface area contributed by atoms with E-state index in [0.29, 0.717) is 29.2 Å². The molecule has 0 saturated heterocycles. The number of imide groups is 1. The number of hydrogen-bond donors (Lipinski definition) is 1. The third-order valence-corrected chi connectivity index (χ3v) is 5.13. The lowest BCUT2D eigenvalue weighted by molar-refractivity contribution is -0.120. The predicted octanol–water partition coefficient (Wildman–Crippen LogP) is 5.10. The van der Waals surface area contributed by atoms with E-state index >= 15 is 0 Å².